The average Bonchev–Trinajstić information content (AvgIpc) is 2.61. The van der Waals surface area contributed by atoms with Crippen LogP contribution in [0.1, 0.15) is 12.5 Å². The van der Waals surface area contributed by atoms with Crippen LogP contribution in [0.15, 0.2) is 40.9 Å². The Morgan fingerprint density at radius 2 is 1.81 bits per heavy atom. The van der Waals surface area contributed by atoms with Crippen molar-refractivity contribution in [1.82, 2.24) is 10.9 Å². The number of hydrogen-bond donors (Lipinski definition) is 2. The molecule has 0 aliphatic heterocycles. The molecule has 2 aromatic carbocycles. The van der Waals surface area contributed by atoms with Crippen LogP contribution in [0.4, 0.5) is 0 Å². The van der Waals surface area contributed by atoms with E-state index in [0.717, 1.165) is 10.0 Å². The number of benzene rings is 2. The Morgan fingerprint density at radius 1 is 1.11 bits per heavy atom. The van der Waals surface area contributed by atoms with E-state index in [1.807, 2.05) is 19.1 Å². The van der Waals surface area contributed by atoms with Crippen molar-refractivity contribution in [2.75, 3.05) is 6.61 Å². The van der Waals surface area contributed by atoms with Gasteiger partial charge in [0.15, 0.2) is 12.7 Å². The molecule has 0 bridgehead atoms. The van der Waals surface area contributed by atoms with Crippen molar-refractivity contribution < 1.29 is 19.1 Å². The lowest BCUT2D eigenvalue weighted by Gasteiger charge is -2.16. The van der Waals surface area contributed by atoms with Crippen molar-refractivity contribution >= 4 is 50.9 Å². The lowest BCUT2D eigenvalue weighted by Crippen LogP contribution is -2.48. The van der Waals surface area contributed by atoms with Crippen LogP contribution in [0.5, 0.6) is 11.5 Å². The molecule has 144 valence electrons. The van der Waals surface area contributed by atoms with E-state index in [0.29, 0.717) is 16.5 Å². The highest BCUT2D eigenvalue weighted by molar-refractivity contribution is 9.10. The molecule has 2 rings (SSSR count). The zero-order valence-corrected chi connectivity index (χ0v) is 17.6. The summed E-state index contributed by atoms with van der Waals surface area (Å²) in [5.74, 6) is -0.239. The standard InChI is InChI=1S/C18H17BrCl2N2O4/c1-10-3-5-15(13(19)7-10)26-9-17(24)22-23-18(25)11(2)27-16-6-4-12(20)8-14(16)21/h3-8,11H,9H2,1-2H3,(H,22,24)(H,23,25). The second kappa shape index (κ2) is 9.82. The Bertz CT molecular complexity index is 848. The maximum Gasteiger partial charge on any atom is 0.279 e. The summed E-state index contributed by atoms with van der Waals surface area (Å²) in [6.45, 7) is 3.20. The average molecular weight is 476 g/mol. The third-order valence-electron chi connectivity index (χ3n) is 3.34. The minimum Gasteiger partial charge on any atom is -0.483 e. The maximum absolute atomic E-state index is 12.0. The summed E-state index contributed by atoms with van der Waals surface area (Å²) in [4.78, 5) is 23.9. The number of halogens is 3. The Hall–Kier alpha value is -1.96. The van der Waals surface area contributed by atoms with E-state index in [4.69, 9.17) is 32.7 Å². The molecule has 1 atom stereocenters. The first-order chi connectivity index (χ1) is 12.8. The molecule has 0 aliphatic carbocycles. The normalized spacial score (nSPS) is 11.4. The van der Waals surface area contributed by atoms with Gasteiger partial charge >= 0.3 is 0 Å². The van der Waals surface area contributed by atoms with Gasteiger partial charge in [0.05, 0.1) is 9.50 Å². The first-order valence-corrected chi connectivity index (χ1v) is 9.40. The van der Waals surface area contributed by atoms with Gasteiger partial charge in [0, 0.05) is 5.02 Å². The van der Waals surface area contributed by atoms with E-state index in [1.54, 1.807) is 18.2 Å². The van der Waals surface area contributed by atoms with Crippen LogP contribution in [-0.4, -0.2) is 24.5 Å². The molecule has 0 radical (unpaired) electrons. The molecule has 0 fully saturated rings. The summed E-state index contributed by atoms with van der Waals surface area (Å²) in [7, 11) is 0. The SMILES string of the molecule is Cc1ccc(OCC(=O)NNC(=O)C(C)Oc2ccc(Cl)cc2Cl)c(Br)c1. The van der Waals surface area contributed by atoms with Crippen molar-refractivity contribution in [3.8, 4) is 11.5 Å². The number of hydrogen-bond acceptors (Lipinski definition) is 4. The van der Waals surface area contributed by atoms with Gasteiger partial charge in [0.25, 0.3) is 11.8 Å². The predicted octanol–water partition coefficient (Wildman–Crippen LogP) is 4.06. The highest BCUT2D eigenvalue weighted by Crippen LogP contribution is 2.28. The predicted molar refractivity (Wildman–Crippen MR) is 107 cm³/mol. The number of carbonyl (C=O) groups is 2. The Kier molecular flexibility index (Phi) is 7.77. The fourth-order valence-corrected chi connectivity index (χ4v) is 3.01. The second-order valence-electron chi connectivity index (χ2n) is 5.59. The van der Waals surface area contributed by atoms with Crippen LogP contribution < -0.4 is 20.3 Å². The molecule has 27 heavy (non-hydrogen) atoms. The number of carbonyl (C=O) groups excluding carboxylic acids is 2. The van der Waals surface area contributed by atoms with Crippen LogP contribution in [0.2, 0.25) is 10.0 Å². The molecule has 2 aromatic rings. The minimum absolute atomic E-state index is 0.264. The summed E-state index contributed by atoms with van der Waals surface area (Å²) < 4.78 is 11.6. The summed E-state index contributed by atoms with van der Waals surface area (Å²) in [5, 5.41) is 0.736. The molecule has 0 saturated heterocycles. The van der Waals surface area contributed by atoms with E-state index in [-0.39, 0.29) is 11.6 Å². The Labute approximate surface area is 175 Å². The molecule has 0 aliphatic rings. The molecule has 2 N–H and O–H groups in total. The number of nitrogens with one attached hydrogen (secondary N) is 2. The van der Waals surface area contributed by atoms with Crippen molar-refractivity contribution in [2.45, 2.75) is 20.0 Å². The van der Waals surface area contributed by atoms with Gasteiger partial charge in [-0.3, -0.25) is 20.4 Å². The van der Waals surface area contributed by atoms with Gasteiger partial charge in [-0.15, -0.1) is 0 Å². The van der Waals surface area contributed by atoms with E-state index in [1.165, 1.54) is 13.0 Å². The Morgan fingerprint density at radius 3 is 2.48 bits per heavy atom. The Balaban J connectivity index is 1.79. The van der Waals surface area contributed by atoms with E-state index >= 15 is 0 Å². The van der Waals surface area contributed by atoms with E-state index in [2.05, 4.69) is 26.8 Å². The van der Waals surface area contributed by atoms with E-state index < -0.39 is 17.9 Å². The maximum atomic E-state index is 12.0. The second-order valence-corrected chi connectivity index (χ2v) is 7.29. The minimum atomic E-state index is -0.892. The largest absolute Gasteiger partial charge is 0.483 e. The molecule has 0 saturated carbocycles. The third kappa shape index (κ3) is 6.61. The molecule has 0 aromatic heterocycles. The molecule has 0 spiro atoms. The topological polar surface area (TPSA) is 76.7 Å². The highest BCUT2D eigenvalue weighted by atomic mass is 79.9. The van der Waals surface area contributed by atoms with Gasteiger partial charge in [-0.05, 0) is 65.7 Å². The fraction of sp³-hybridized carbons (Fsp3) is 0.222. The number of ether oxygens (including phenoxy) is 2. The smallest absolute Gasteiger partial charge is 0.279 e. The first kappa shape index (κ1) is 21.3. The number of aryl methyl sites for hydroxylation is 1. The highest BCUT2D eigenvalue weighted by Gasteiger charge is 2.17. The molecule has 1 unspecified atom stereocenters. The van der Waals surface area contributed by atoms with Crippen LogP contribution in [0, 0.1) is 6.92 Å². The van der Waals surface area contributed by atoms with Gasteiger partial charge in [0.2, 0.25) is 0 Å². The monoisotopic (exact) mass is 474 g/mol. The quantitative estimate of drug-likeness (QED) is 0.617. The van der Waals surface area contributed by atoms with Gasteiger partial charge in [0.1, 0.15) is 11.5 Å². The summed E-state index contributed by atoms with van der Waals surface area (Å²) in [5.41, 5.74) is 5.59. The summed E-state index contributed by atoms with van der Waals surface area (Å²) in [6, 6.07) is 10.1. The van der Waals surface area contributed by atoms with Gasteiger partial charge in [-0.2, -0.15) is 0 Å². The van der Waals surface area contributed by atoms with E-state index in [9.17, 15) is 9.59 Å². The van der Waals surface area contributed by atoms with Crippen molar-refractivity contribution in [2.24, 2.45) is 0 Å². The van der Waals surface area contributed by atoms with Crippen LogP contribution in [0.25, 0.3) is 0 Å². The summed E-state index contributed by atoms with van der Waals surface area (Å²) in [6.07, 6.45) is -0.892. The molecule has 9 heteroatoms. The van der Waals surface area contributed by atoms with Gasteiger partial charge < -0.3 is 9.47 Å². The van der Waals surface area contributed by atoms with Crippen LogP contribution in [-0.2, 0) is 9.59 Å². The summed E-state index contributed by atoms with van der Waals surface area (Å²) >= 11 is 15.2. The first-order valence-electron chi connectivity index (χ1n) is 7.85. The van der Waals surface area contributed by atoms with Crippen molar-refractivity contribution in [1.29, 1.82) is 0 Å². The zero-order chi connectivity index (χ0) is 20.0. The number of rotatable bonds is 6. The van der Waals surface area contributed by atoms with Crippen molar-refractivity contribution in [3.05, 3.63) is 56.5 Å². The molecule has 6 nitrogen and oxygen atoms in total. The third-order valence-corrected chi connectivity index (χ3v) is 4.49. The molecule has 0 heterocycles. The zero-order valence-electron chi connectivity index (χ0n) is 14.5. The van der Waals surface area contributed by atoms with Crippen LogP contribution in [0.3, 0.4) is 0 Å². The molecule has 2 amide bonds. The van der Waals surface area contributed by atoms with Gasteiger partial charge in [-0.25, -0.2) is 0 Å². The lowest BCUT2D eigenvalue weighted by atomic mass is 10.2. The molecular formula is C18H17BrCl2N2O4. The van der Waals surface area contributed by atoms with Crippen molar-refractivity contribution in [3.63, 3.8) is 0 Å². The number of amides is 2. The fourth-order valence-electron chi connectivity index (χ4n) is 1.95. The lowest BCUT2D eigenvalue weighted by molar-refractivity contribution is -0.133. The van der Waals surface area contributed by atoms with Gasteiger partial charge in [-0.1, -0.05) is 29.3 Å². The molecular weight excluding hydrogens is 459 g/mol. The van der Waals surface area contributed by atoms with Crippen LogP contribution >= 0.6 is 39.1 Å². The number of hydrazine groups is 1.